The van der Waals surface area contributed by atoms with Gasteiger partial charge in [-0.15, -0.1) is 0 Å². The summed E-state index contributed by atoms with van der Waals surface area (Å²) in [4.78, 5) is 14.1. The van der Waals surface area contributed by atoms with Crippen molar-refractivity contribution in [2.45, 2.75) is 19.4 Å². The minimum atomic E-state index is -0.140. The Labute approximate surface area is 121 Å². The Morgan fingerprint density at radius 1 is 1.53 bits per heavy atom. The molecule has 1 saturated heterocycles. The fraction of sp³-hybridized carbons (Fsp3) is 0.500. The second-order valence-electron chi connectivity index (χ2n) is 4.95. The van der Waals surface area contributed by atoms with Crippen LogP contribution in [0.4, 0.5) is 0 Å². The SMILES string of the molecule is COC1CN(C(=O)c2ccc(Br)cc2O)CCC1C. The summed E-state index contributed by atoms with van der Waals surface area (Å²) in [6.45, 7) is 3.41. The Balaban J connectivity index is 2.15. The van der Waals surface area contributed by atoms with Gasteiger partial charge < -0.3 is 14.7 Å². The Hall–Kier alpha value is -1.07. The van der Waals surface area contributed by atoms with E-state index < -0.39 is 0 Å². The van der Waals surface area contributed by atoms with Crippen molar-refractivity contribution < 1.29 is 14.6 Å². The number of amides is 1. The third-order valence-electron chi connectivity index (χ3n) is 3.67. The summed E-state index contributed by atoms with van der Waals surface area (Å²) in [5.41, 5.74) is 0.340. The maximum atomic E-state index is 12.4. The van der Waals surface area contributed by atoms with E-state index >= 15 is 0 Å². The number of rotatable bonds is 2. The summed E-state index contributed by atoms with van der Waals surface area (Å²) in [7, 11) is 1.67. The first-order valence-corrected chi connectivity index (χ1v) is 7.12. The fourth-order valence-corrected chi connectivity index (χ4v) is 2.73. The molecule has 4 nitrogen and oxygen atoms in total. The first-order chi connectivity index (χ1) is 9.02. The quantitative estimate of drug-likeness (QED) is 0.908. The second-order valence-corrected chi connectivity index (χ2v) is 5.87. The molecular formula is C14H18BrNO3. The highest BCUT2D eigenvalue weighted by Gasteiger charge is 2.30. The first-order valence-electron chi connectivity index (χ1n) is 6.33. The zero-order valence-electron chi connectivity index (χ0n) is 11.1. The van der Waals surface area contributed by atoms with Crippen LogP contribution in [0.25, 0.3) is 0 Å². The lowest BCUT2D eigenvalue weighted by molar-refractivity contribution is -0.00166. The molecule has 1 aliphatic rings. The molecule has 1 heterocycles. The van der Waals surface area contributed by atoms with Crippen LogP contribution in [-0.4, -0.2) is 42.2 Å². The van der Waals surface area contributed by atoms with Crippen molar-refractivity contribution >= 4 is 21.8 Å². The summed E-state index contributed by atoms with van der Waals surface area (Å²) < 4.78 is 6.16. The largest absolute Gasteiger partial charge is 0.507 e. The van der Waals surface area contributed by atoms with E-state index in [1.165, 1.54) is 6.07 Å². The molecule has 1 aromatic rings. The molecule has 0 spiro atoms. The molecule has 5 heteroatoms. The average Bonchev–Trinajstić information content (AvgIpc) is 2.38. The molecule has 104 valence electrons. The van der Waals surface area contributed by atoms with Gasteiger partial charge in [0.1, 0.15) is 5.75 Å². The van der Waals surface area contributed by atoms with Crippen LogP contribution in [0.1, 0.15) is 23.7 Å². The predicted molar refractivity (Wildman–Crippen MR) is 76.3 cm³/mol. The minimum absolute atomic E-state index is 0.00645. The molecule has 0 bridgehead atoms. The van der Waals surface area contributed by atoms with Crippen molar-refractivity contribution in [3.63, 3.8) is 0 Å². The number of piperidine rings is 1. The standard InChI is InChI=1S/C14H18BrNO3/c1-9-5-6-16(8-13(9)19-2)14(18)11-4-3-10(15)7-12(11)17/h3-4,7,9,13,17H,5-6,8H2,1-2H3. The van der Waals surface area contributed by atoms with Gasteiger partial charge in [0.2, 0.25) is 0 Å². The van der Waals surface area contributed by atoms with E-state index in [2.05, 4.69) is 22.9 Å². The van der Waals surface area contributed by atoms with Crippen LogP contribution in [0, 0.1) is 5.92 Å². The molecule has 0 radical (unpaired) electrons. The molecule has 1 N–H and O–H groups in total. The lowest BCUT2D eigenvalue weighted by Crippen LogP contribution is -2.46. The summed E-state index contributed by atoms with van der Waals surface area (Å²) in [6.07, 6.45) is 0.983. The van der Waals surface area contributed by atoms with E-state index in [1.807, 2.05) is 0 Å². The number of methoxy groups -OCH3 is 1. The van der Waals surface area contributed by atoms with E-state index in [4.69, 9.17) is 4.74 Å². The smallest absolute Gasteiger partial charge is 0.257 e. The summed E-state index contributed by atoms with van der Waals surface area (Å²) >= 11 is 3.27. The van der Waals surface area contributed by atoms with E-state index in [0.29, 0.717) is 24.6 Å². The zero-order chi connectivity index (χ0) is 14.0. The highest BCUT2D eigenvalue weighted by Crippen LogP contribution is 2.26. The van der Waals surface area contributed by atoms with Gasteiger partial charge >= 0.3 is 0 Å². The lowest BCUT2D eigenvalue weighted by Gasteiger charge is -2.36. The van der Waals surface area contributed by atoms with E-state index in [0.717, 1.165) is 10.9 Å². The summed E-state index contributed by atoms with van der Waals surface area (Å²) in [5.74, 6) is 0.318. The van der Waals surface area contributed by atoms with Gasteiger partial charge in [-0.1, -0.05) is 22.9 Å². The maximum absolute atomic E-state index is 12.4. The Bertz CT molecular complexity index is 478. The van der Waals surface area contributed by atoms with Gasteiger partial charge in [-0.25, -0.2) is 0 Å². The average molecular weight is 328 g/mol. The molecule has 0 aliphatic carbocycles. The molecule has 2 unspecified atom stereocenters. The molecule has 1 aromatic carbocycles. The second kappa shape index (κ2) is 5.92. The van der Waals surface area contributed by atoms with Gasteiger partial charge in [-0.3, -0.25) is 4.79 Å². The van der Waals surface area contributed by atoms with Crippen molar-refractivity contribution in [3.8, 4) is 5.75 Å². The molecule has 19 heavy (non-hydrogen) atoms. The molecule has 0 aromatic heterocycles. The number of hydrogen-bond acceptors (Lipinski definition) is 3. The van der Waals surface area contributed by atoms with Crippen LogP contribution in [0.3, 0.4) is 0 Å². The lowest BCUT2D eigenvalue weighted by atomic mass is 9.95. The van der Waals surface area contributed by atoms with Gasteiger partial charge in [0, 0.05) is 24.7 Å². The normalized spacial score (nSPS) is 23.4. The van der Waals surface area contributed by atoms with Crippen molar-refractivity contribution in [2.75, 3.05) is 20.2 Å². The van der Waals surface area contributed by atoms with Crippen LogP contribution < -0.4 is 0 Å². The summed E-state index contributed by atoms with van der Waals surface area (Å²) in [5, 5.41) is 9.86. The predicted octanol–water partition coefficient (Wildman–Crippen LogP) is 2.65. The minimum Gasteiger partial charge on any atom is -0.507 e. The van der Waals surface area contributed by atoms with Gasteiger partial charge in [0.25, 0.3) is 5.91 Å². The van der Waals surface area contributed by atoms with Gasteiger partial charge in [-0.2, -0.15) is 0 Å². The molecule has 1 amide bonds. The third kappa shape index (κ3) is 3.09. The summed E-state index contributed by atoms with van der Waals surface area (Å²) in [6, 6.07) is 4.93. The van der Waals surface area contributed by atoms with Crippen molar-refractivity contribution in [3.05, 3.63) is 28.2 Å². The van der Waals surface area contributed by atoms with Crippen LogP contribution in [0.2, 0.25) is 0 Å². The number of phenols is 1. The maximum Gasteiger partial charge on any atom is 0.257 e. The highest BCUT2D eigenvalue weighted by molar-refractivity contribution is 9.10. The molecule has 2 atom stereocenters. The van der Waals surface area contributed by atoms with Crippen LogP contribution in [0.15, 0.2) is 22.7 Å². The number of nitrogens with zero attached hydrogens (tertiary/aromatic N) is 1. The molecular weight excluding hydrogens is 310 g/mol. The molecule has 2 rings (SSSR count). The van der Waals surface area contributed by atoms with Crippen LogP contribution >= 0.6 is 15.9 Å². The Morgan fingerprint density at radius 2 is 2.26 bits per heavy atom. The molecule has 0 saturated carbocycles. The van der Waals surface area contributed by atoms with Gasteiger partial charge in [0.05, 0.1) is 11.7 Å². The van der Waals surface area contributed by atoms with E-state index in [9.17, 15) is 9.90 Å². The Morgan fingerprint density at radius 3 is 2.89 bits per heavy atom. The number of ether oxygens (including phenoxy) is 1. The van der Waals surface area contributed by atoms with Crippen LogP contribution in [-0.2, 0) is 4.74 Å². The van der Waals surface area contributed by atoms with Crippen molar-refractivity contribution in [1.29, 1.82) is 0 Å². The molecule has 1 aliphatic heterocycles. The number of likely N-dealkylation sites (tertiary alicyclic amines) is 1. The van der Waals surface area contributed by atoms with Crippen LogP contribution in [0.5, 0.6) is 5.75 Å². The first kappa shape index (κ1) is 14.3. The highest BCUT2D eigenvalue weighted by atomic mass is 79.9. The topological polar surface area (TPSA) is 49.8 Å². The number of aromatic hydroxyl groups is 1. The number of benzene rings is 1. The van der Waals surface area contributed by atoms with E-state index in [1.54, 1.807) is 24.1 Å². The fourth-order valence-electron chi connectivity index (χ4n) is 2.38. The van der Waals surface area contributed by atoms with Crippen molar-refractivity contribution in [1.82, 2.24) is 4.90 Å². The van der Waals surface area contributed by atoms with E-state index in [-0.39, 0.29) is 17.8 Å². The van der Waals surface area contributed by atoms with Gasteiger partial charge in [0.15, 0.2) is 0 Å². The van der Waals surface area contributed by atoms with Crippen molar-refractivity contribution in [2.24, 2.45) is 5.92 Å². The molecule has 1 fully saturated rings. The Kier molecular flexibility index (Phi) is 4.47. The third-order valence-corrected chi connectivity index (χ3v) is 4.16. The number of hydrogen-bond donors (Lipinski definition) is 1. The van der Waals surface area contributed by atoms with Gasteiger partial charge in [-0.05, 0) is 30.5 Å². The number of carbonyl (C=O) groups excluding carboxylic acids is 1. The number of carbonyl (C=O) groups is 1. The monoisotopic (exact) mass is 327 g/mol. The zero-order valence-corrected chi connectivity index (χ0v) is 12.7. The number of halogens is 1. The number of phenolic OH excluding ortho intramolecular Hbond substituents is 1.